The number of likely N-dealkylation sites (N-methyl/N-ethyl adjacent to an activating group) is 1. The number of benzene rings is 2. The molecule has 7 nitrogen and oxygen atoms in total. The number of rotatable bonds is 5. The van der Waals surface area contributed by atoms with Gasteiger partial charge in [-0.2, -0.15) is 0 Å². The molecule has 0 saturated carbocycles. The molecule has 1 atom stereocenters. The summed E-state index contributed by atoms with van der Waals surface area (Å²) >= 11 is 0. The molecule has 2 amide bonds. The normalized spacial score (nSPS) is 17.1. The van der Waals surface area contributed by atoms with E-state index in [0.29, 0.717) is 30.3 Å². The first kappa shape index (κ1) is 24.3. The Morgan fingerprint density at radius 1 is 1.11 bits per heavy atom. The van der Waals surface area contributed by atoms with Crippen LogP contribution in [0.3, 0.4) is 0 Å². The molecule has 1 fully saturated rings. The van der Waals surface area contributed by atoms with Crippen molar-refractivity contribution in [1.29, 1.82) is 0 Å². The number of Topliss-reactive ketones (excluding diaryl/α,β-unsaturated/α-hetero) is 1. The first-order chi connectivity index (χ1) is 16.7. The lowest BCUT2D eigenvalue weighted by Gasteiger charge is -2.36. The van der Waals surface area contributed by atoms with Gasteiger partial charge in [-0.05, 0) is 42.3 Å². The molecule has 8 heteroatoms. The number of carbonyl (C=O) groups is 3. The van der Waals surface area contributed by atoms with E-state index in [-0.39, 0.29) is 17.3 Å². The van der Waals surface area contributed by atoms with E-state index in [1.807, 2.05) is 6.08 Å². The summed E-state index contributed by atoms with van der Waals surface area (Å²) in [5.41, 5.74) is 3.45. The highest BCUT2D eigenvalue weighted by Gasteiger charge is 2.30. The number of amides is 2. The maximum absolute atomic E-state index is 13.5. The molecule has 1 saturated heterocycles. The van der Waals surface area contributed by atoms with Gasteiger partial charge in [0.1, 0.15) is 12.0 Å². The highest BCUT2D eigenvalue weighted by atomic mass is 19.1. The van der Waals surface area contributed by atoms with E-state index in [2.05, 4.69) is 0 Å². The van der Waals surface area contributed by atoms with E-state index in [1.54, 1.807) is 60.2 Å². The molecule has 0 bridgehead atoms. The number of piperidine rings is 1. The van der Waals surface area contributed by atoms with E-state index in [0.717, 1.165) is 16.7 Å². The van der Waals surface area contributed by atoms with E-state index >= 15 is 0 Å². The number of nitrogens with zero attached hydrogens (tertiary/aromatic N) is 3. The summed E-state index contributed by atoms with van der Waals surface area (Å²) in [6.45, 7) is 0.460. The summed E-state index contributed by atoms with van der Waals surface area (Å²) < 4.78 is 20.6. The van der Waals surface area contributed by atoms with Gasteiger partial charge in [0.15, 0.2) is 0 Å². The Bertz CT molecular complexity index is 1320. The molecule has 0 aliphatic carbocycles. The number of likely N-dealkylation sites (tertiary alicyclic amines) is 1. The number of ether oxygens (including phenoxy) is 1. The molecule has 0 N–H and O–H groups in total. The van der Waals surface area contributed by atoms with Crippen LogP contribution in [0.4, 0.5) is 4.39 Å². The third kappa shape index (κ3) is 4.88. The van der Waals surface area contributed by atoms with Crippen molar-refractivity contribution >= 4 is 34.6 Å². The van der Waals surface area contributed by atoms with Crippen LogP contribution in [-0.4, -0.2) is 65.9 Å². The number of ketones is 1. The summed E-state index contributed by atoms with van der Waals surface area (Å²) in [6, 6.07) is 11.5. The van der Waals surface area contributed by atoms with Gasteiger partial charge in [0.2, 0.25) is 0 Å². The predicted octanol–water partition coefficient (Wildman–Crippen LogP) is 3.88. The Balaban J connectivity index is 1.60. The van der Waals surface area contributed by atoms with Crippen LogP contribution in [-0.2, 0) is 16.6 Å². The summed E-state index contributed by atoms with van der Waals surface area (Å²) in [4.78, 5) is 41.4. The zero-order valence-corrected chi connectivity index (χ0v) is 20.2. The molecule has 0 spiro atoms. The highest BCUT2D eigenvalue weighted by Crippen LogP contribution is 2.28. The third-order valence-corrected chi connectivity index (χ3v) is 6.31. The summed E-state index contributed by atoms with van der Waals surface area (Å²) in [7, 11) is 6.41. The fourth-order valence-corrected chi connectivity index (χ4v) is 4.40. The maximum atomic E-state index is 13.5. The van der Waals surface area contributed by atoms with Gasteiger partial charge in [-0.15, -0.1) is 0 Å². The fraction of sp³-hybridized carbons (Fsp3) is 0.296. The quantitative estimate of drug-likeness (QED) is 0.413. The maximum Gasteiger partial charge on any atom is 0.294 e. The van der Waals surface area contributed by atoms with Crippen LogP contribution in [0.2, 0.25) is 0 Å². The zero-order chi connectivity index (χ0) is 25.3. The Hall–Kier alpha value is -3.78. The van der Waals surface area contributed by atoms with Crippen LogP contribution in [0, 0.1) is 5.82 Å². The van der Waals surface area contributed by atoms with Crippen molar-refractivity contribution in [1.82, 2.24) is 14.4 Å². The number of aromatic nitrogens is 1. The van der Waals surface area contributed by atoms with Gasteiger partial charge in [-0.1, -0.05) is 23.8 Å². The molecule has 1 unspecified atom stereocenters. The molecule has 4 rings (SSSR count). The van der Waals surface area contributed by atoms with Gasteiger partial charge in [0.25, 0.3) is 17.6 Å². The molecule has 2 aromatic carbocycles. The minimum absolute atomic E-state index is 0.208. The van der Waals surface area contributed by atoms with Crippen LogP contribution in [0.5, 0.6) is 0 Å². The van der Waals surface area contributed by atoms with Gasteiger partial charge in [-0.3, -0.25) is 14.4 Å². The molecule has 2 heterocycles. The molecular formula is C27H28FN3O4. The van der Waals surface area contributed by atoms with Crippen molar-refractivity contribution < 1.29 is 23.5 Å². The lowest BCUT2D eigenvalue weighted by Crippen LogP contribution is -2.45. The average Bonchev–Trinajstić information content (AvgIpc) is 3.19. The minimum atomic E-state index is -0.620. The monoisotopic (exact) mass is 477 g/mol. The predicted molar refractivity (Wildman–Crippen MR) is 131 cm³/mol. The van der Waals surface area contributed by atoms with Crippen molar-refractivity contribution in [2.75, 3.05) is 27.7 Å². The lowest BCUT2D eigenvalue weighted by atomic mass is 9.98. The second kappa shape index (κ2) is 9.84. The van der Waals surface area contributed by atoms with E-state index in [1.165, 1.54) is 31.1 Å². The zero-order valence-electron chi connectivity index (χ0n) is 20.2. The van der Waals surface area contributed by atoms with Crippen LogP contribution in [0.25, 0.3) is 17.0 Å². The summed E-state index contributed by atoms with van der Waals surface area (Å²) in [5, 5.41) is 0.557. The number of halogens is 1. The smallest absolute Gasteiger partial charge is 0.294 e. The van der Waals surface area contributed by atoms with Crippen LogP contribution < -0.4 is 0 Å². The van der Waals surface area contributed by atoms with Crippen LogP contribution >= 0.6 is 0 Å². The Morgan fingerprint density at radius 2 is 1.83 bits per heavy atom. The molecule has 182 valence electrons. The standard InChI is InChI=1S/C27H28FN3O4/c1-29(2)27(34)25(32)22-16-30(3)23-10-7-19(15-21(22)23)26(33)31-12-11-18(14-24(31)35-4)13-17-5-8-20(28)9-6-17/h5-10,13,15-16,24H,11-12,14H2,1-4H3. The number of hydrogen-bond donors (Lipinski definition) is 0. The largest absolute Gasteiger partial charge is 0.361 e. The van der Waals surface area contributed by atoms with Gasteiger partial charge in [0.05, 0.1) is 5.56 Å². The lowest BCUT2D eigenvalue weighted by molar-refractivity contribution is -0.124. The van der Waals surface area contributed by atoms with Crippen LogP contribution in [0.15, 0.2) is 54.2 Å². The van der Waals surface area contributed by atoms with E-state index in [4.69, 9.17) is 4.74 Å². The summed E-state index contributed by atoms with van der Waals surface area (Å²) in [6.07, 6.45) is 4.37. The summed E-state index contributed by atoms with van der Waals surface area (Å²) in [5.74, 6) is -1.73. The number of hydrogen-bond acceptors (Lipinski definition) is 4. The number of fused-ring (bicyclic) bond motifs is 1. The second-order valence-electron chi connectivity index (χ2n) is 8.91. The van der Waals surface area contributed by atoms with E-state index in [9.17, 15) is 18.8 Å². The van der Waals surface area contributed by atoms with Crippen molar-refractivity contribution in [3.05, 3.63) is 76.7 Å². The first-order valence-corrected chi connectivity index (χ1v) is 11.3. The van der Waals surface area contributed by atoms with Crippen LogP contribution in [0.1, 0.15) is 39.1 Å². The average molecular weight is 478 g/mol. The molecule has 3 aromatic rings. The first-order valence-electron chi connectivity index (χ1n) is 11.3. The molecule has 0 radical (unpaired) electrons. The van der Waals surface area contributed by atoms with Crippen molar-refractivity contribution in [3.8, 4) is 0 Å². The second-order valence-corrected chi connectivity index (χ2v) is 8.91. The molecule has 1 aliphatic rings. The Labute approximate surface area is 203 Å². The van der Waals surface area contributed by atoms with Crippen molar-refractivity contribution in [3.63, 3.8) is 0 Å². The Morgan fingerprint density at radius 3 is 2.49 bits per heavy atom. The van der Waals surface area contributed by atoms with Gasteiger partial charge in [0, 0.05) is 63.9 Å². The number of carbonyl (C=O) groups excluding carboxylic acids is 3. The molecule has 35 heavy (non-hydrogen) atoms. The van der Waals surface area contributed by atoms with Gasteiger partial charge in [-0.25, -0.2) is 4.39 Å². The molecule has 1 aliphatic heterocycles. The minimum Gasteiger partial charge on any atom is -0.361 e. The third-order valence-electron chi connectivity index (χ3n) is 6.31. The van der Waals surface area contributed by atoms with Gasteiger partial charge < -0.3 is 19.1 Å². The number of aryl methyl sites for hydroxylation is 1. The number of methoxy groups -OCH3 is 1. The molecular weight excluding hydrogens is 449 g/mol. The topological polar surface area (TPSA) is 71.8 Å². The van der Waals surface area contributed by atoms with E-state index < -0.39 is 17.9 Å². The van der Waals surface area contributed by atoms with Gasteiger partial charge >= 0.3 is 0 Å². The molecule has 1 aromatic heterocycles. The SMILES string of the molecule is COC1CC(=Cc2ccc(F)cc2)CCN1C(=O)c1ccc2c(c1)c(C(=O)C(=O)N(C)C)cn2C. The highest BCUT2D eigenvalue weighted by molar-refractivity contribution is 6.44. The van der Waals surface area contributed by atoms with Crippen molar-refractivity contribution in [2.45, 2.75) is 19.1 Å². The Kier molecular flexibility index (Phi) is 6.84. The van der Waals surface area contributed by atoms with Crippen molar-refractivity contribution in [2.24, 2.45) is 7.05 Å². The fourth-order valence-electron chi connectivity index (χ4n) is 4.40.